The summed E-state index contributed by atoms with van der Waals surface area (Å²) in [5.74, 6) is 0.207. The summed E-state index contributed by atoms with van der Waals surface area (Å²) >= 11 is 4.98. The normalized spacial score (nSPS) is 16.1. The number of halogens is 1. The average molecular weight is 334 g/mol. The number of amides is 1. The first kappa shape index (κ1) is 15.7. The van der Waals surface area contributed by atoms with E-state index in [2.05, 4.69) is 21.2 Å². The molecule has 5 heteroatoms. The second-order valence-electron chi connectivity index (χ2n) is 4.80. The molecule has 102 valence electrons. The quantitative estimate of drug-likeness (QED) is 0.840. The Balaban J connectivity index is 2.41. The van der Waals surface area contributed by atoms with Crippen molar-refractivity contribution in [1.29, 1.82) is 0 Å². The lowest BCUT2D eigenvalue weighted by Gasteiger charge is -2.16. The molecule has 0 aliphatic heterocycles. The highest BCUT2D eigenvalue weighted by atomic mass is 79.9. The van der Waals surface area contributed by atoms with Crippen LogP contribution >= 0.6 is 27.3 Å². The van der Waals surface area contributed by atoms with Gasteiger partial charge in [0.05, 0.1) is 15.8 Å². The first-order chi connectivity index (χ1) is 8.40. The Hall–Kier alpha value is -0.390. The highest BCUT2D eigenvalue weighted by Gasteiger charge is 2.17. The van der Waals surface area contributed by atoms with Crippen LogP contribution in [-0.4, -0.2) is 23.7 Å². The Labute approximate surface area is 121 Å². The van der Waals surface area contributed by atoms with E-state index in [9.17, 15) is 9.90 Å². The number of nitrogens with one attached hydrogen (secondary N) is 1. The average Bonchev–Trinajstić information content (AvgIpc) is 2.70. The van der Waals surface area contributed by atoms with Crippen molar-refractivity contribution < 1.29 is 9.90 Å². The maximum atomic E-state index is 12.0. The zero-order chi connectivity index (χ0) is 13.7. The minimum absolute atomic E-state index is 0.0433. The van der Waals surface area contributed by atoms with Gasteiger partial charge in [-0.25, -0.2) is 0 Å². The van der Waals surface area contributed by atoms with Crippen molar-refractivity contribution in [2.75, 3.05) is 6.54 Å². The summed E-state index contributed by atoms with van der Waals surface area (Å²) < 4.78 is 1.04. The van der Waals surface area contributed by atoms with Gasteiger partial charge in [0.15, 0.2) is 0 Å². The molecule has 0 aromatic carbocycles. The summed E-state index contributed by atoms with van der Waals surface area (Å²) in [6, 6.07) is 3.93. The van der Waals surface area contributed by atoms with Gasteiger partial charge in [-0.1, -0.05) is 6.92 Å². The van der Waals surface area contributed by atoms with Crippen LogP contribution in [-0.2, 0) is 4.79 Å². The third-order valence-corrected chi connectivity index (χ3v) is 4.59. The predicted molar refractivity (Wildman–Crippen MR) is 78.9 cm³/mol. The van der Waals surface area contributed by atoms with Crippen LogP contribution in [0.5, 0.6) is 0 Å². The van der Waals surface area contributed by atoms with E-state index in [0.717, 1.165) is 8.66 Å². The number of carbonyl (C=O) groups excluding carboxylic acids is 1. The van der Waals surface area contributed by atoms with Crippen molar-refractivity contribution in [3.05, 3.63) is 20.8 Å². The molecule has 3 nitrogen and oxygen atoms in total. The van der Waals surface area contributed by atoms with Gasteiger partial charge in [-0.05, 0) is 54.2 Å². The molecule has 0 bridgehead atoms. The molecule has 0 radical (unpaired) electrons. The molecule has 2 N–H and O–H groups in total. The Morgan fingerprint density at radius 1 is 1.44 bits per heavy atom. The van der Waals surface area contributed by atoms with E-state index in [1.807, 2.05) is 26.0 Å². The summed E-state index contributed by atoms with van der Waals surface area (Å²) in [6.45, 7) is 6.32. The van der Waals surface area contributed by atoms with Crippen molar-refractivity contribution in [3.8, 4) is 0 Å². The molecule has 0 aliphatic rings. The maximum Gasteiger partial charge on any atom is 0.228 e. The molecule has 18 heavy (non-hydrogen) atoms. The van der Waals surface area contributed by atoms with Crippen LogP contribution < -0.4 is 5.32 Å². The number of thiophene rings is 1. The molecule has 3 atom stereocenters. The number of rotatable bonds is 6. The largest absolute Gasteiger partial charge is 0.393 e. The van der Waals surface area contributed by atoms with Crippen LogP contribution in [0, 0.1) is 5.92 Å². The van der Waals surface area contributed by atoms with E-state index in [0.29, 0.717) is 13.0 Å². The Bertz CT molecular complexity index is 392. The van der Waals surface area contributed by atoms with E-state index in [4.69, 9.17) is 0 Å². The van der Waals surface area contributed by atoms with Gasteiger partial charge in [0.2, 0.25) is 5.91 Å². The molecule has 1 aromatic heterocycles. The summed E-state index contributed by atoms with van der Waals surface area (Å²) in [5, 5.41) is 12.2. The summed E-state index contributed by atoms with van der Waals surface area (Å²) in [4.78, 5) is 13.0. The zero-order valence-corrected chi connectivity index (χ0v) is 13.3. The first-order valence-electron chi connectivity index (χ1n) is 6.11. The molecular weight excluding hydrogens is 314 g/mol. The molecule has 3 unspecified atom stereocenters. The molecule has 1 aromatic rings. The van der Waals surface area contributed by atoms with Crippen LogP contribution in [0.2, 0.25) is 0 Å². The topological polar surface area (TPSA) is 49.3 Å². The standard InChI is InChI=1S/C13H20BrNO2S/c1-8(6-9(2)16)7-15-13(17)10(3)11-4-5-12(14)18-11/h4-5,8-10,16H,6-7H2,1-3H3,(H,15,17). The SMILES string of the molecule is CC(O)CC(C)CNC(=O)C(C)c1ccc(Br)s1. The van der Waals surface area contributed by atoms with Crippen molar-refractivity contribution in [1.82, 2.24) is 5.32 Å². The number of aliphatic hydroxyl groups excluding tert-OH is 1. The van der Waals surface area contributed by atoms with Crippen molar-refractivity contribution >= 4 is 33.2 Å². The van der Waals surface area contributed by atoms with E-state index in [1.165, 1.54) is 0 Å². The number of hydrogen-bond donors (Lipinski definition) is 2. The molecule has 0 saturated heterocycles. The van der Waals surface area contributed by atoms with Gasteiger partial charge >= 0.3 is 0 Å². The lowest BCUT2D eigenvalue weighted by Crippen LogP contribution is -2.32. The van der Waals surface area contributed by atoms with Crippen molar-refractivity contribution in [2.24, 2.45) is 5.92 Å². The van der Waals surface area contributed by atoms with Crippen LogP contribution in [0.15, 0.2) is 15.9 Å². The lowest BCUT2D eigenvalue weighted by molar-refractivity contribution is -0.122. The molecular formula is C13H20BrNO2S. The minimum Gasteiger partial charge on any atom is -0.393 e. The molecule has 0 aliphatic carbocycles. The van der Waals surface area contributed by atoms with Gasteiger partial charge in [-0.15, -0.1) is 11.3 Å². The Morgan fingerprint density at radius 2 is 2.11 bits per heavy atom. The van der Waals surface area contributed by atoms with E-state index >= 15 is 0 Å². The van der Waals surface area contributed by atoms with Crippen molar-refractivity contribution in [2.45, 2.75) is 39.2 Å². The zero-order valence-electron chi connectivity index (χ0n) is 10.9. The van der Waals surface area contributed by atoms with E-state index < -0.39 is 0 Å². The lowest BCUT2D eigenvalue weighted by atomic mass is 10.0. The molecule has 1 rings (SSSR count). The van der Waals surface area contributed by atoms with Gasteiger partial charge in [-0.3, -0.25) is 4.79 Å². The first-order valence-corrected chi connectivity index (χ1v) is 7.72. The summed E-state index contributed by atoms with van der Waals surface area (Å²) in [6.07, 6.45) is 0.390. The second-order valence-corrected chi connectivity index (χ2v) is 7.29. The fourth-order valence-electron chi connectivity index (χ4n) is 1.78. The van der Waals surface area contributed by atoms with Crippen molar-refractivity contribution in [3.63, 3.8) is 0 Å². The predicted octanol–water partition coefficient (Wildman–Crippen LogP) is 3.14. The third kappa shape index (κ3) is 5.08. The fourth-order valence-corrected chi connectivity index (χ4v) is 3.26. The van der Waals surface area contributed by atoms with Crippen LogP contribution in [0.25, 0.3) is 0 Å². The summed E-state index contributed by atoms with van der Waals surface area (Å²) in [5.41, 5.74) is 0. The van der Waals surface area contributed by atoms with E-state index in [1.54, 1.807) is 18.3 Å². The number of aliphatic hydroxyl groups is 1. The third-order valence-electron chi connectivity index (χ3n) is 2.78. The highest BCUT2D eigenvalue weighted by molar-refractivity contribution is 9.11. The van der Waals surface area contributed by atoms with Crippen LogP contribution in [0.4, 0.5) is 0 Å². The van der Waals surface area contributed by atoms with Gasteiger partial charge in [0, 0.05) is 11.4 Å². The number of hydrogen-bond acceptors (Lipinski definition) is 3. The minimum atomic E-state index is -0.317. The Morgan fingerprint density at radius 3 is 2.61 bits per heavy atom. The molecule has 1 amide bonds. The van der Waals surface area contributed by atoms with Gasteiger partial charge in [0.1, 0.15) is 0 Å². The molecule has 0 fully saturated rings. The van der Waals surface area contributed by atoms with E-state index in [-0.39, 0.29) is 23.8 Å². The Kier molecular flexibility index (Phi) is 6.32. The summed E-state index contributed by atoms with van der Waals surface area (Å²) in [7, 11) is 0. The van der Waals surface area contributed by atoms with Crippen LogP contribution in [0.3, 0.4) is 0 Å². The van der Waals surface area contributed by atoms with Gasteiger partial charge in [0.25, 0.3) is 0 Å². The van der Waals surface area contributed by atoms with Gasteiger partial charge in [-0.2, -0.15) is 0 Å². The number of carbonyl (C=O) groups is 1. The molecule has 1 heterocycles. The second kappa shape index (κ2) is 7.26. The highest BCUT2D eigenvalue weighted by Crippen LogP contribution is 2.28. The molecule has 0 saturated carbocycles. The smallest absolute Gasteiger partial charge is 0.228 e. The molecule has 0 spiro atoms. The van der Waals surface area contributed by atoms with Crippen LogP contribution in [0.1, 0.15) is 38.0 Å². The van der Waals surface area contributed by atoms with Gasteiger partial charge < -0.3 is 10.4 Å². The monoisotopic (exact) mass is 333 g/mol. The maximum absolute atomic E-state index is 12.0. The fraction of sp³-hybridized carbons (Fsp3) is 0.615.